The number of aromatic hydroxyl groups is 1. The first-order valence-electron chi connectivity index (χ1n) is 11.5. The second-order valence-corrected chi connectivity index (χ2v) is 8.88. The predicted octanol–water partition coefficient (Wildman–Crippen LogP) is 8.00. The summed E-state index contributed by atoms with van der Waals surface area (Å²) in [6.07, 6.45) is -15.4. The molecule has 16 heteroatoms. The highest BCUT2D eigenvalue weighted by Gasteiger charge is 2.38. The average molecular weight is 605 g/mol. The quantitative estimate of drug-likeness (QED) is 0.137. The van der Waals surface area contributed by atoms with Gasteiger partial charge in [0.15, 0.2) is 5.69 Å². The van der Waals surface area contributed by atoms with Crippen molar-refractivity contribution >= 4 is 5.69 Å². The fourth-order valence-electron chi connectivity index (χ4n) is 4.01. The van der Waals surface area contributed by atoms with Gasteiger partial charge < -0.3 is 9.84 Å². The van der Waals surface area contributed by atoms with Gasteiger partial charge in [0.25, 0.3) is 5.69 Å². The van der Waals surface area contributed by atoms with Gasteiger partial charge in [-0.2, -0.15) is 44.6 Å². The first kappa shape index (κ1) is 30.2. The lowest BCUT2D eigenvalue weighted by Gasteiger charge is -2.19. The molecule has 0 atom stereocenters. The van der Waals surface area contributed by atoms with Crippen molar-refractivity contribution in [2.24, 2.45) is 7.05 Å². The molecular weight excluding hydrogens is 589 g/mol. The van der Waals surface area contributed by atoms with Crippen LogP contribution >= 0.6 is 0 Å². The number of nitro groups is 1. The van der Waals surface area contributed by atoms with E-state index in [1.807, 2.05) is 0 Å². The van der Waals surface area contributed by atoms with Crippen LogP contribution < -0.4 is 4.74 Å². The average Bonchev–Trinajstić information content (AvgIpc) is 3.28. The van der Waals surface area contributed by atoms with E-state index in [9.17, 15) is 54.7 Å². The molecule has 0 saturated carbocycles. The SMILES string of the molecule is Cn1nc(C(F)(F)F)cc1-c1ccc(OCc2ccc([N+](=O)[O-])cc2)c(-c2cc(C(F)(F)F)cc(C(F)(F)F)c2)c1O. The van der Waals surface area contributed by atoms with Gasteiger partial charge >= 0.3 is 18.5 Å². The minimum absolute atomic E-state index is 0.126. The summed E-state index contributed by atoms with van der Waals surface area (Å²) in [6, 6.07) is 8.00. The van der Waals surface area contributed by atoms with Gasteiger partial charge in [-0.25, -0.2) is 0 Å². The van der Waals surface area contributed by atoms with Gasteiger partial charge in [-0.05, 0) is 59.7 Å². The van der Waals surface area contributed by atoms with E-state index in [1.165, 1.54) is 12.1 Å². The van der Waals surface area contributed by atoms with Crippen molar-refractivity contribution in [2.75, 3.05) is 0 Å². The number of phenolic OH excluding ortho intramolecular Hbond substituents is 1. The molecule has 0 radical (unpaired) electrons. The molecular formula is C26H16F9N3O4. The molecule has 0 aliphatic rings. The van der Waals surface area contributed by atoms with E-state index < -0.39 is 75.1 Å². The molecule has 0 amide bonds. The molecule has 3 aromatic carbocycles. The van der Waals surface area contributed by atoms with Gasteiger partial charge in [0.1, 0.15) is 18.1 Å². The first-order chi connectivity index (χ1) is 19.4. The Hall–Kier alpha value is -4.76. The molecule has 1 aromatic heterocycles. The Kier molecular flexibility index (Phi) is 7.60. The van der Waals surface area contributed by atoms with Crippen LogP contribution in [0.3, 0.4) is 0 Å². The topological polar surface area (TPSA) is 90.4 Å². The summed E-state index contributed by atoms with van der Waals surface area (Å²) in [6.45, 7) is -0.404. The molecule has 0 aliphatic carbocycles. The summed E-state index contributed by atoms with van der Waals surface area (Å²) in [5.41, 5.74) is -6.98. The smallest absolute Gasteiger partial charge is 0.435 e. The summed E-state index contributed by atoms with van der Waals surface area (Å²) in [5, 5.41) is 25.3. The minimum atomic E-state index is -5.24. The number of aromatic nitrogens is 2. The van der Waals surface area contributed by atoms with E-state index >= 15 is 0 Å². The third-order valence-electron chi connectivity index (χ3n) is 6.00. The van der Waals surface area contributed by atoms with Crippen molar-refractivity contribution in [1.82, 2.24) is 9.78 Å². The van der Waals surface area contributed by atoms with Crippen LogP contribution in [0.1, 0.15) is 22.4 Å². The van der Waals surface area contributed by atoms with Gasteiger partial charge in [0, 0.05) is 24.7 Å². The molecule has 42 heavy (non-hydrogen) atoms. The fourth-order valence-corrected chi connectivity index (χ4v) is 4.01. The largest absolute Gasteiger partial charge is 0.506 e. The molecule has 1 heterocycles. The maximum atomic E-state index is 13.6. The van der Waals surface area contributed by atoms with E-state index in [0.29, 0.717) is 23.8 Å². The number of phenols is 1. The van der Waals surface area contributed by atoms with Gasteiger partial charge in [0.2, 0.25) is 0 Å². The highest BCUT2D eigenvalue weighted by Crippen LogP contribution is 2.48. The maximum absolute atomic E-state index is 13.6. The number of aryl methyl sites for hydroxylation is 1. The zero-order valence-electron chi connectivity index (χ0n) is 20.9. The Morgan fingerprint density at radius 2 is 1.43 bits per heavy atom. The molecule has 0 saturated heterocycles. The van der Waals surface area contributed by atoms with Crippen molar-refractivity contribution < 1.29 is 54.3 Å². The lowest BCUT2D eigenvalue weighted by Crippen LogP contribution is -2.11. The lowest BCUT2D eigenvalue weighted by atomic mass is 9.95. The van der Waals surface area contributed by atoms with Crippen LogP contribution in [0.5, 0.6) is 11.5 Å². The second kappa shape index (κ2) is 10.6. The molecule has 222 valence electrons. The van der Waals surface area contributed by atoms with Crippen LogP contribution in [0.2, 0.25) is 0 Å². The number of halogens is 9. The maximum Gasteiger partial charge on any atom is 0.435 e. The molecule has 7 nitrogen and oxygen atoms in total. The van der Waals surface area contributed by atoms with Crippen molar-refractivity contribution in [1.29, 1.82) is 0 Å². The number of ether oxygens (including phenoxy) is 1. The first-order valence-corrected chi connectivity index (χ1v) is 11.5. The van der Waals surface area contributed by atoms with E-state index in [0.717, 1.165) is 36.0 Å². The van der Waals surface area contributed by atoms with Gasteiger partial charge in [-0.1, -0.05) is 0 Å². The molecule has 0 spiro atoms. The number of non-ortho nitro benzene ring substituents is 1. The molecule has 0 bridgehead atoms. The normalized spacial score (nSPS) is 12.4. The molecule has 0 unspecified atom stereocenters. The Bertz CT molecular complexity index is 1610. The summed E-state index contributed by atoms with van der Waals surface area (Å²) < 4.78 is 128. The number of nitrogens with zero attached hydrogens (tertiary/aromatic N) is 3. The molecule has 4 aromatic rings. The highest BCUT2D eigenvalue weighted by molar-refractivity contribution is 5.86. The van der Waals surface area contributed by atoms with Crippen LogP contribution in [0.15, 0.2) is 60.7 Å². The van der Waals surface area contributed by atoms with Gasteiger partial charge in [0.05, 0.1) is 27.3 Å². The van der Waals surface area contributed by atoms with Crippen LogP contribution in [0.4, 0.5) is 45.2 Å². The number of alkyl halides is 9. The summed E-state index contributed by atoms with van der Waals surface area (Å²) >= 11 is 0. The Labute approximate surface area is 229 Å². The van der Waals surface area contributed by atoms with E-state index in [1.54, 1.807) is 0 Å². The zero-order chi connectivity index (χ0) is 31.2. The number of benzene rings is 3. The third-order valence-corrected chi connectivity index (χ3v) is 6.00. The minimum Gasteiger partial charge on any atom is -0.506 e. The van der Waals surface area contributed by atoms with Crippen LogP contribution in [0.25, 0.3) is 22.4 Å². The monoisotopic (exact) mass is 605 g/mol. The number of rotatable bonds is 6. The van der Waals surface area contributed by atoms with Crippen LogP contribution in [-0.2, 0) is 32.2 Å². The summed E-state index contributed by atoms with van der Waals surface area (Å²) in [7, 11) is 1.09. The number of hydrogen-bond donors (Lipinski definition) is 1. The van der Waals surface area contributed by atoms with E-state index in [4.69, 9.17) is 4.74 Å². The van der Waals surface area contributed by atoms with Crippen LogP contribution in [-0.4, -0.2) is 19.8 Å². The Morgan fingerprint density at radius 3 is 1.90 bits per heavy atom. The van der Waals surface area contributed by atoms with Crippen molar-refractivity contribution in [3.63, 3.8) is 0 Å². The summed E-state index contributed by atoms with van der Waals surface area (Å²) in [4.78, 5) is 10.2. The zero-order valence-corrected chi connectivity index (χ0v) is 20.9. The fraction of sp³-hybridized carbons (Fsp3) is 0.192. The lowest BCUT2D eigenvalue weighted by molar-refractivity contribution is -0.384. The van der Waals surface area contributed by atoms with Crippen LogP contribution in [0, 0.1) is 10.1 Å². The Morgan fingerprint density at radius 1 is 0.857 bits per heavy atom. The van der Waals surface area contributed by atoms with Gasteiger partial charge in [-0.3, -0.25) is 14.8 Å². The van der Waals surface area contributed by atoms with Crippen molar-refractivity contribution in [3.8, 4) is 33.9 Å². The standard InChI is InChI=1S/C26H16F9N3O4/c1-37-19(11-21(36-37)26(33,34)35)18-6-7-20(42-12-13-2-4-17(5-3-13)38(40)41)22(23(18)39)14-8-15(24(27,28)29)10-16(9-14)25(30,31)32/h2-11,39H,12H2,1H3. The van der Waals surface area contributed by atoms with Crippen molar-refractivity contribution in [3.05, 3.63) is 93.2 Å². The predicted molar refractivity (Wildman–Crippen MR) is 128 cm³/mol. The summed E-state index contributed by atoms with van der Waals surface area (Å²) in [5.74, 6) is -1.42. The Balaban J connectivity index is 1.92. The molecule has 4 rings (SSSR count). The molecule has 0 aliphatic heterocycles. The number of nitro benzene ring substituents is 1. The third kappa shape index (κ3) is 6.26. The second-order valence-electron chi connectivity index (χ2n) is 8.88. The number of hydrogen-bond acceptors (Lipinski definition) is 5. The molecule has 1 N–H and O–H groups in total. The highest BCUT2D eigenvalue weighted by atomic mass is 19.4. The van der Waals surface area contributed by atoms with E-state index in [-0.39, 0.29) is 17.4 Å². The molecule has 0 fully saturated rings. The van der Waals surface area contributed by atoms with E-state index in [2.05, 4.69) is 5.10 Å². The van der Waals surface area contributed by atoms with Gasteiger partial charge in [-0.15, -0.1) is 0 Å². The van der Waals surface area contributed by atoms with Crippen molar-refractivity contribution in [2.45, 2.75) is 25.1 Å².